The third-order valence-electron chi connectivity index (χ3n) is 3.19. The topological polar surface area (TPSA) is 67.2 Å². The van der Waals surface area contributed by atoms with Crippen LogP contribution in [0.4, 0.5) is 11.4 Å². The van der Waals surface area contributed by atoms with Crippen molar-refractivity contribution >= 4 is 34.6 Å². The van der Waals surface area contributed by atoms with E-state index < -0.39 is 4.92 Å². The normalized spacial score (nSPS) is 18.5. The molecule has 0 saturated carbocycles. The van der Waals surface area contributed by atoms with Gasteiger partial charge in [-0.15, -0.1) is 0 Å². The number of anilines is 1. The lowest BCUT2D eigenvalue weighted by Gasteiger charge is -2.13. The van der Waals surface area contributed by atoms with Crippen molar-refractivity contribution in [3.8, 4) is 0 Å². The number of nitrogens with one attached hydrogen (secondary N) is 2. The predicted octanol–water partition coefficient (Wildman–Crippen LogP) is 3.46. The van der Waals surface area contributed by atoms with Crippen molar-refractivity contribution in [2.75, 3.05) is 18.4 Å². The van der Waals surface area contributed by atoms with Crippen LogP contribution in [0.3, 0.4) is 0 Å². The lowest BCUT2D eigenvalue weighted by atomic mass is 10.1. The van der Waals surface area contributed by atoms with Crippen molar-refractivity contribution < 1.29 is 4.92 Å². The highest BCUT2D eigenvalue weighted by Crippen LogP contribution is 2.34. The Hall–Kier alpha value is -1.04. The Balaban J connectivity index is 1.97. The molecule has 19 heavy (non-hydrogen) atoms. The van der Waals surface area contributed by atoms with E-state index in [0.717, 1.165) is 19.5 Å². The molecule has 0 bridgehead atoms. The minimum absolute atomic E-state index is 0.0991. The number of nitrogens with zero attached hydrogens (tertiary/aromatic N) is 1. The maximum Gasteiger partial charge on any atom is 0.272 e. The number of benzene rings is 1. The number of nitro benzene ring substituents is 1. The van der Waals surface area contributed by atoms with Crippen LogP contribution < -0.4 is 10.6 Å². The van der Waals surface area contributed by atoms with Crippen LogP contribution in [0.2, 0.25) is 10.0 Å². The molecule has 104 valence electrons. The minimum atomic E-state index is -0.510. The molecule has 1 heterocycles. The fraction of sp³-hybridized carbons (Fsp3) is 0.500. The second kappa shape index (κ2) is 6.41. The van der Waals surface area contributed by atoms with Gasteiger partial charge in [-0.25, -0.2) is 0 Å². The number of hydrogen-bond donors (Lipinski definition) is 2. The molecule has 0 spiro atoms. The van der Waals surface area contributed by atoms with E-state index in [2.05, 4.69) is 10.6 Å². The Bertz CT molecular complexity index is 453. The lowest BCUT2D eigenvalue weighted by Crippen LogP contribution is -2.24. The molecule has 0 aliphatic carbocycles. The molecule has 1 aliphatic heterocycles. The van der Waals surface area contributed by atoms with E-state index in [1.54, 1.807) is 0 Å². The molecule has 0 amide bonds. The Morgan fingerprint density at radius 3 is 2.63 bits per heavy atom. The van der Waals surface area contributed by atoms with Gasteiger partial charge in [0.05, 0.1) is 20.7 Å². The van der Waals surface area contributed by atoms with Gasteiger partial charge in [-0.2, -0.15) is 0 Å². The van der Waals surface area contributed by atoms with Gasteiger partial charge in [-0.05, 0) is 25.8 Å². The highest BCUT2D eigenvalue weighted by molar-refractivity contribution is 6.39. The lowest BCUT2D eigenvalue weighted by molar-refractivity contribution is -0.384. The first kappa shape index (κ1) is 14.4. The second-order valence-corrected chi connectivity index (χ2v) is 5.36. The van der Waals surface area contributed by atoms with Crippen LogP contribution in [0, 0.1) is 10.1 Å². The summed E-state index contributed by atoms with van der Waals surface area (Å²) in [5.74, 6) is 0. The van der Waals surface area contributed by atoms with Crippen LogP contribution >= 0.6 is 23.2 Å². The second-order valence-electron chi connectivity index (χ2n) is 4.55. The van der Waals surface area contributed by atoms with E-state index in [9.17, 15) is 10.1 Å². The summed E-state index contributed by atoms with van der Waals surface area (Å²) in [4.78, 5) is 10.2. The third kappa shape index (κ3) is 3.72. The van der Waals surface area contributed by atoms with Gasteiger partial charge in [0.15, 0.2) is 0 Å². The number of nitro groups is 1. The van der Waals surface area contributed by atoms with Crippen molar-refractivity contribution in [1.82, 2.24) is 5.32 Å². The van der Waals surface area contributed by atoms with Gasteiger partial charge in [-0.1, -0.05) is 23.2 Å². The van der Waals surface area contributed by atoms with E-state index in [0.29, 0.717) is 11.7 Å². The summed E-state index contributed by atoms with van der Waals surface area (Å²) in [6.45, 7) is 1.80. The van der Waals surface area contributed by atoms with Gasteiger partial charge in [-0.3, -0.25) is 10.1 Å². The van der Waals surface area contributed by atoms with E-state index in [4.69, 9.17) is 23.2 Å². The summed E-state index contributed by atoms with van der Waals surface area (Å²) in [6, 6.07) is 3.15. The fourth-order valence-electron chi connectivity index (χ4n) is 2.21. The van der Waals surface area contributed by atoms with E-state index >= 15 is 0 Å². The fourth-order valence-corrected chi connectivity index (χ4v) is 2.82. The molecule has 1 aromatic carbocycles. The highest BCUT2D eigenvalue weighted by Gasteiger charge is 2.16. The maximum atomic E-state index is 10.7. The number of halogens is 2. The number of hydrogen-bond acceptors (Lipinski definition) is 4. The highest BCUT2D eigenvalue weighted by atomic mass is 35.5. The zero-order valence-electron chi connectivity index (χ0n) is 10.3. The standard InChI is InChI=1S/C12H15Cl2N3O2/c13-10-6-9(17(18)19)7-11(14)12(10)16-5-3-8-2-1-4-15-8/h6-8,15-16H,1-5H2. The molecule has 2 N–H and O–H groups in total. The molecule has 2 rings (SSSR count). The van der Waals surface area contributed by atoms with Crippen LogP contribution in [0.5, 0.6) is 0 Å². The zero-order chi connectivity index (χ0) is 13.8. The zero-order valence-corrected chi connectivity index (χ0v) is 11.8. The molecule has 0 aromatic heterocycles. The SMILES string of the molecule is O=[N+]([O-])c1cc(Cl)c(NCCC2CCCN2)c(Cl)c1. The largest absolute Gasteiger partial charge is 0.383 e. The monoisotopic (exact) mass is 303 g/mol. The molecular formula is C12H15Cl2N3O2. The number of non-ortho nitro benzene ring substituents is 1. The molecule has 7 heteroatoms. The maximum absolute atomic E-state index is 10.7. The first-order valence-electron chi connectivity index (χ1n) is 6.18. The Morgan fingerprint density at radius 1 is 1.42 bits per heavy atom. The van der Waals surface area contributed by atoms with Crippen molar-refractivity contribution in [3.63, 3.8) is 0 Å². The van der Waals surface area contributed by atoms with Gasteiger partial charge in [0, 0.05) is 24.7 Å². The summed E-state index contributed by atoms with van der Waals surface area (Å²) >= 11 is 12.0. The average molecular weight is 304 g/mol. The molecule has 1 aromatic rings. The van der Waals surface area contributed by atoms with Crippen molar-refractivity contribution in [2.24, 2.45) is 0 Å². The smallest absolute Gasteiger partial charge is 0.272 e. The Kier molecular flexibility index (Phi) is 4.85. The molecule has 1 fully saturated rings. The molecular weight excluding hydrogens is 289 g/mol. The van der Waals surface area contributed by atoms with Gasteiger partial charge < -0.3 is 10.6 Å². The molecule has 1 saturated heterocycles. The van der Waals surface area contributed by atoms with Gasteiger partial charge in [0.2, 0.25) is 0 Å². The quantitative estimate of drug-likeness (QED) is 0.646. The predicted molar refractivity (Wildman–Crippen MR) is 77.2 cm³/mol. The Morgan fingerprint density at radius 2 is 2.11 bits per heavy atom. The van der Waals surface area contributed by atoms with E-state index in [-0.39, 0.29) is 15.7 Å². The Labute approximate surface area is 121 Å². The first-order valence-corrected chi connectivity index (χ1v) is 6.94. The summed E-state index contributed by atoms with van der Waals surface area (Å²) < 4.78 is 0. The summed E-state index contributed by atoms with van der Waals surface area (Å²) in [7, 11) is 0. The average Bonchev–Trinajstić information content (AvgIpc) is 2.85. The van der Waals surface area contributed by atoms with Crippen LogP contribution in [0.25, 0.3) is 0 Å². The van der Waals surface area contributed by atoms with Gasteiger partial charge in [0.1, 0.15) is 0 Å². The summed E-state index contributed by atoms with van der Waals surface area (Å²) in [6.07, 6.45) is 3.37. The molecule has 1 atom stereocenters. The number of rotatable bonds is 5. The van der Waals surface area contributed by atoms with Crippen LogP contribution in [-0.2, 0) is 0 Å². The van der Waals surface area contributed by atoms with Crippen LogP contribution in [0.1, 0.15) is 19.3 Å². The van der Waals surface area contributed by atoms with Crippen molar-refractivity contribution in [1.29, 1.82) is 0 Å². The van der Waals surface area contributed by atoms with Gasteiger partial charge >= 0.3 is 0 Å². The first-order chi connectivity index (χ1) is 9.08. The van der Waals surface area contributed by atoms with E-state index in [1.165, 1.54) is 25.0 Å². The van der Waals surface area contributed by atoms with Crippen molar-refractivity contribution in [3.05, 3.63) is 32.3 Å². The molecule has 1 aliphatic rings. The van der Waals surface area contributed by atoms with Gasteiger partial charge in [0.25, 0.3) is 5.69 Å². The molecule has 5 nitrogen and oxygen atoms in total. The van der Waals surface area contributed by atoms with Crippen LogP contribution in [-0.4, -0.2) is 24.1 Å². The van der Waals surface area contributed by atoms with Crippen LogP contribution in [0.15, 0.2) is 12.1 Å². The summed E-state index contributed by atoms with van der Waals surface area (Å²) in [5.41, 5.74) is 0.463. The van der Waals surface area contributed by atoms with E-state index in [1.807, 2.05) is 0 Å². The molecule has 0 radical (unpaired) electrons. The summed E-state index contributed by atoms with van der Waals surface area (Å²) in [5, 5.41) is 17.8. The third-order valence-corrected chi connectivity index (χ3v) is 3.79. The minimum Gasteiger partial charge on any atom is -0.383 e. The molecule has 1 unspecified atom stereocenters. The van der Waals surface area contributed by atoms with Crippen molar-refractivity contribution in [2.45, 2.75) is 25.3 Å².